The molecular weight excluding hydrogens is 241 g/mol. The minimum atomic E-state index is -0.363. The average Bonchev–Trinajstić information content (AvgIpc) is 2.44. The van der Waals surface area contributed by atoms with Crippen LogP contribution < -0.4 is 11.3 Å². The Bertz CT molecular complexity index is 569. The van der Waals surface area contributed by atoms with E-state index in [4.69, 9.17) is 5.84 Å². The third-order valence-electron chi connectivity index (χ3n) is 3.26. The molecule has 0 fully saturated rings. The number of nitrogens with two attached hydrogens (primary N) is 1. The standard InChI is InChI=1S/C15H18FN3/c1-3-11-9-18-7-6-12(11)15(19-17)13-8-10(2)4-5-14(13)16/h4-9,15,19H,3,17H2,1-2H3. The SMILES string of the molecule is CCc1cnccc1C(NN)c1cc(C)ccc1F. The molecule has 1 heterocycles. The summed E-state index contributed by atoms with van der Waals surface area (Å²) >= 11 is 0. The van der Waals surface area contributed by atoms with Crippen LogP contribution in [0.2, 0.25) is 0 Å². The molecule has 4 heteroatoms. The largest absolute Gasteiger partial charge is 0.271 e. The van der Waals surface area contributed by atoms with Crippen LogP contribution in [0.3, 0.4) is 0 Å². The molecular formula is C15H18FN3. The van der Waals surface area contributed by atoms with Gasteiger partial charge in [0.25, 0.3) is 0 Å². The van der Waals surface area contributed by atoms with Crippen LogP contribution in [0.15, 0.2) is 36.7 Å². The van der Waals surface area contributed by atoms with E-state index in [0.29, 0.717) is 5.56 Å². The Morgan fingerprint density at radius 2 is 2.11 bits per heavy atom. The Labute approximate surface area is 112 Å². The number of halogens is 1. The maximum absolute atomic E-state index is 14.0. The summed E-state index contributed by atoms with van der Waals surface area (Å²) in [5, 5.41) is 0. The van der Waals surface area contributed by atoms with Gasteiger partial charge in [0, 0.05) is 18.0 Å². The number of nitrogens with zero attached hydrogens (tertiary/aromatic N) is 1. The quantitative estimate of drug-likeness (QED) is 0.655. The molecule has 0 aliphatic rings. The fourth-order valence-electron chi connectivity index (χ4n) is 2.25. The van der Waals surface area contributed by atoms with Crippen molar-refractivity contribution >= 4 is 0 Å². The smallest absolute Gasteiger partial charge is 0.128 e. The molecule has 19 heavy (non-hydrogen) atoms. The van der Waals surface area contributed by atoms with Gasteiger partial charge in [-0.2, -0.15) is 0 Å². The molecule has 3 N–H and O–H groups in total. The van der Waals surface area contributed by atoms with Gasteiger partial charge < -0.3 is 0 Å². The van der Waals surface area contributed by atoms with Gasteiger partial charge >= 0.3 is 0 Å². The molecule has 0 spiro atoms. The van der Waals surface area contributed by atoms with Crippen LogP contribution in [0.25, 0.3) is 0 Å². The zero-order valence-corrected chi connectivity index (χ0v) is 11.2. The van der Waals surface area contributed by atoms with Crippen LogP contribution in [0, 0.1) is 12.7 Å². The molecule has 0 aliphatic carbocycles. The summed E-state index contributed by atoms with van der Waals surface area (Å²) in [4.78, 5) is 4.10. The van der Waals surface area contributed by atoms with Gasteiger partial charge in [-0.3, -0.25) is 10.8 Å². The Hall–Kier alpha value is -1.78. The van der Waals surface area contributed by atoms with Gasteiger partial charge in [-0.15, -0.1) is 0 Å². The normalized spacial score (nSPS) is 12.4. The van der Waals surface area contributed by atoms with Crippen molar-refractivity contribution in [2.45, 2.75) is 26.3 Å². The molecule has 100 valence electrons. The van der Waals surface area contributed by atoms with Gasteiger partial charge in [0.15, 0.2) is 0 Å². The maximum Gasteiger partial charge on any atom is 0.128 e. The lowest BCUT2D eigenvalue weighted by Crippen LogP contribution is -2.30. The Balaban J connectivity index is 2.53. The first kappa shape index (κ1) is 13.6. The fourth-order valence-corrected chi connectivity index (χ4v) is 2.25. The van der Waals surface area contributed by atoms with Crippen molar-refractivity contribution in [1.82, 2.24) is 10.4 Å². The highest BCUT2D eigenvalue weighted by Gasteiger charge is 2.19. The Morgan fingerprint density at radius 1 is 1.32 bits per heavy atom. The second kappa shape index (κ2) is 5.91. The van der Waals surface area contributed by atoms with Gasteiger partial charge in [0.1, 0.15) is 5.82 Å². The second-order valence-electron chi connectivity index (χ2n) is 4.55. The van der Waals surface area contributed by atoms with Gasteiger partial charge in [-0.1, -0.05) is 24.6 Å². The average molecular weight is 259 g/mol. The number of aryl methyl sites for hydroxylation is 2. The predicted octanol–water partition coefficient (Wildman–Crippen LogP) is 2.64. The van der Waals surface area contributed by atoms with Crippen molar-refractivity contribution in [3.63, 3.8) is 0 Å². The summed E-state index contributed by atoms with van der Waals surface area (Å²) in [5.41, 5.74) is 6.30. The molecule has 3 nitrogen and oxygen atoms in total. The number of rotatable bonds is 4. The maximum atomic E-state index is 14.0. The fraction of sp³-hybridized carbons (Fsp3) is 0.267. The number of benzene rings is 1. The zero-order valence-electron chi connectivity index (χ0n) is 11.2. The van der Waals surface area contributed by atoms with Gasteiger partial charge in [-0.05, 0) is 36.6 Å². The van der Waals surface area contributed by atoms with E-state index >= 15 is 0 Å². The topological polar surface area (TPSA) is 50.9 Å². The Morgan fingerprint density at radius 3 is 2.79 bits per heavy atom. The van der Waals surface area contributed by atoms with E-state index in [9.17, 15) is 4.39 Å². The number of nitrogens with one attached hydrogen (secondary N) is 1. The highest BCUT2D eigenvalue weighted by atomic mass is 19.1. The summed E-state index contributed by atoms with van der Waals surface area (Å²) in [7, 11) is 0. The first-order chi connectivity index (χ1) is 9.17. The highest BCUT2D eigenvalue weighted by Crippen LogP contribution is 2.27. The van der Waals surface area contributed by atoms with Gasteiger partial charge in [-0.25, -0.2) is 9.82 Å². The molecule has 0 aliphatic heterocycles. The van der Waals surface area contributed by atoms with E-state index in [1.54, 1.807) is 18.5 Å². The third kappa shape index (κ3) is 2.80. The van der Waals surface area contributed by atoms with Crippen LogP contribution in [-0.4, -0.2) is 4.98 Å². The number of pyridine rings is 1. The minimum absolute atomic E-state index is 0.257. The molecule has 1 aromatic carbocycles. The third-order valence-corrected chi connectivity index (χ3v) is 3.26. The van der Waals surface area contributed by atoms with Crippen LogP contribution in [-0.2, 0) is 6.42 Å². The van der Waals surface area contributed by atoms with E-state index in [2.05, 4.69) is 10.4 Å². The lowest BCUT2D eigenvalue weighted by molar-refractivity contribution is 0.557. The predicted molar refractivity (Wildman–Crippen MR) is 73.9 cm³/mol. The van der Waals surface area contributed by atoms with E-state index in [1.165, 1.54) is 6.07 Å². The molecule has 0 saturated heterocycles. The first-order valence-corrected chi connectivity index (χ1v) is 6.32. The lowest BCUT2D eigenvalue weighted by atomic mass is 9.94. The number of hydrazine groups is 1. The van der Waals surface area contributed by atoms with Crippen molar-refractivity contribution in [3.8, 4) is 0 Å². The van der Waals surface area contributed by atoms with E-state index in [0.717, 1.165) is 23.1 Å². The molecule has 0 amide bonds. The van der Waals surface area contributed by atoms with Gasteiger partial charge in [0.05, 0.1) is 6.04 Å². The molecule has 0 radical (unpaired) electrons. The van der Waals surface area contributed by atoms with Crippen molar-refractivity contribution in [3.05, 3.63) is 64.7 Å². The van der Waals surface area contributed by atoms with Crippen LogP contribution in [0.4, 0.5) is 4.39 Å². The van der Waals surface area contributed by atoms with Crippen LogP contribution in [0.5, 0.6) is 0 Å². The first-order valence-electron chi connectivity index (χ1n) is 6.32. The Kier molecular flexibility index (Phi) is 4.24. The molecule has 2 rings (SSSR count). The second-order valence-corrected chi connectivity index (χ2v) is 4.55. The molecule has 0 bridgehead atoms. The zero-order chi connectivity index (χ0) is 13.8. The minimum Gasteiger partial charge on any atom is -0.271 e. The van der Waals surface area contributed by atoms with E-state index in [-0.39, 0.29) is 11.9 Å². The summed E-state index contributed by atoms with van der Waals surface area (Å²) < 4.78 is 14.0. The summed E-state index contributed by atoms with van der Waals surface area (Å²) in [6, 6.07) is 6.56. The monoisotopic (exact) mass is 259 g/mol. The number of hydrogen-bond donors (Lipinski definition) is 2. The van der Waals surface area contributed by atoms with Gasteiger partial charge in [0.2, 0.25) is 0 Å². The highest BCUT2D eigenvalue weighted by molar-refractivity contribution is 5.38. The van der Waals surface area contributed by atoms with Crippen molar-refractivity contribution in [1.29, 1.82) is 0 Å². The molecule has 1 unspecified atom stereocenters. The van der Waals surface area contributed by atoms with Crippen LogP contribution >= 0.6 is 0 Å². The molecule has 0 saturated carbocycles. The molecule has 2 aromatic rings. The summed E-state index contributed by atoms with van der Waals surface area (Å²) in [5.74, 6) is 5.39. The van der Waals surface area contributed by atoms with E-state index < -0.39 is 0 Å². The number of aromatic nitrogens is 1. The van der Waals surface area contributed by atoms with Crippen LogP contribution in [0.1, 0.15) is 35.2 Å². The summed E-state index contributed by atoms with van der Waals surface area (Å²) in [6.45, 7) is 3.98. The van der Waals surface area contributed by atoms with Crippen molar-refractivity contribution in [2.75, 3.05) is 0 Å². The lowest BCUT2D eigenvalue weighted by Gasteiger charge is -2.20. The molecule has 1 aromatic heterocycles. The molecule has 1 atom stereocenters. The van der Waals surface area contributed by atoms with Crippen molar-refractivity contribution in [2.24, 2.45) is 5.84 Å². The van der Waals surface area contributed by atoms with Crippen molar-refractivity contribution < 1.29 is 4.39 Å². The summed E-state index contributed by atoms with van der Waals surface area (Å²) in [6.07, 6.45) is 4.33. The number of hydrogen-bond acceptors (Lipinski definition) is 3. The van der Waals surface area contributed by atoms with E-state index in [1.807, 2.05) is 26.0 Å².